The molecule has 1 N–H and O–H groups in total. The molecule has 0 aliphatic rings. The number of nitrogens with one attached hydrogen (secondary N) is 1. The van der Waals surface area contributed by atoms with E-state index in [-0.39, 0.29) is 23.8 Å². The third-order valence-corrected chi connectivity index (χ3v) is 6.60. The Balaban J connectivity index is 1.53. The predicted octanol–water partition coefficient (Wildman–Crippen LogP) is 5.59. The van der Waals surface area contributed by atoms with Crippen molar-refractivity contribution in [1.29, 1.82) is 0 Å². The number of benzene rings is 2. The van der Waals surface area contributed by atoms with Crippen molar-refractivity contribution >= 4 is 50.3 Å². The van der Waals surface area contributed by atoms with Crippen LogP contribution >= 0.6 is 11.3 Å². The minimum absolute atomic E-state index is 0.0243. The van der Waals surface area contributed by atoms with Gasteiger partial charge in [-0.3, -0.25) is 10.1 Å². The van der Waals surface area contributed by atoms with E-state index in [1.54, 1.807) is 6.92 Å². The first kappa shape index (κ1) is 21.8. The minimum atomic E-state index is -0.565. The van der Waals surface area contributed by atoms with Gasteiger partial charge in [-0.05, 0) is 50.1 Å². The van der Waals surface area contributed by atoms with Crippen LogP contribution in [0.1, 0.15) is 32.9 Å². The minimum Gasteiger partial charge on any atom is -0.465 e. The third kappa shape index (κ3) is 3.73. The van der Waals surface area contributed by atoms with E-state index in [2.05, 4.69) is 15.5 Å². The lowest BCUT2D eigenvalue weighted by atomic mass is 10.0. The molecule has 0 unspecified atom stereocenters. The zero-order valence-electron chi connectivity index (χ0n) is 19.0. The number of methoxy groups -OCH3 is 1. The Hall–Kier alpha value is -3.98. The van der Waals surface area contributed by atoms with E-state index in [4.69, 9.17) is 13.7 Å². The number of hydrogen-bond acceptors (Lipinski definition) is 8. The van der Waals surface area contributed by atoms with Crippen LogP contribution in [0.2, 0.25) is 0 Å². The molecule has 9 heteroatoms. The van der Waals surface area contributed by atoms with Crippen LogP contribution < -0.4 is 5.32 Å². The largest absolute Gasteiger partial charge is 0.465 e. The standard InChI is InChI=1S/C25H21N3O5S/c1-12-9-13(2)20-16(28-33-17(20)10-12)11-19(29)27-23-22(21(14(3)32-23)25(30)31-4)24-26-15-7-5-6-8-18(15)34-24/h5-10H,11H2,1-4H3,(H,27,29). The topological polar surface area (TPSA) is 107 Å². The van der Waals surface area contributed by atoms with E-state index in [0.717, 1.165) is 26.7 Å². The number of furan rings is 1. The van der Waals surface area contributed by atoms with E-state index in [1.807, 2.05) is 50.2 Å². The molecule has 3 aromatic heterocycles. The predicted molar refractivity (Wildman–Crippen MR) is 129 cm³/mol. The fourth-order valence-corrected chi connectivity index (χ4v) is 5.14. The number of carbonyl (C=O) groups excluding carboxylic acids is 2. The monoisotopic (exact) mass is 475 g/mol. The van der Waals surface area contributed by atoms with Gasteiger partial charge in [-0.15, -0.1) is 11.3 Å². The van der Waals surface area contributed by atoms with Gasteiger partial charge in [0, 0.05) is 5.39 Å². The summed E-state index contributed by atoms with van der Waals surface area (Å²) >= 11 is 1.40. The van der Waals surface area contributed by atoms with Gasteiger partial charge in [-0.25, -0.2) is 9.78 Å². The molecular weight excluding hydrogens is 454 g/mol. The van der Waals surface area contributed by atoms with Crippen molar-refractivity contribution in [2.75, 3.05) is 12.4 Å². The second-order valence-corrected chi connectivity index (χ2v) is 9.06. The number of rotatable bonds is 5. The SMILES string of the molecule is COC(=O)c1c(C)oc(NC(=O)Cc2noc3cc(C)cc(C)c23)c1-c1nc2ccccc2s1. The third-order valence-electron chi connectivity index (χ3n) is 5.55. The molecule has 0 spiro atoms. The molecule has 0 saturated carbocycles. The molecule has 2 aromatic carbocycles. The summed E-state index contributed by atoms with van der Waals surface area (Å²) in [7, 11) is 1.30. The van der Waals surface area contributed by atoms with E-state index in [9.17, 15) is 9.59 Å². The number of aromatic nitrogens is 2. The zero-order chi connectivity index (χ0) is 24.0. The molecule has 0 fully saturated rings. The van der Waals surface area contributed by atoms with Crippen LogP contribution in [-0.2, 0) is 16.0 Å². The summed E-state index contributed by atoms with van der Waals surface area (Å²) in [5.74, 6) is -0.455. The normalized spacial score (nSPS) is 11.3. The highest BCUT2D eigenvalue weighted by atomic mass is 32.1. The van der Waals surface area contributed by atoms with Crippen LogP contribution in [0.15, 0.2) is 45.3 Å². The number of aryl methyl sites for hydroxylation is 3. The Kier molecular flexibility index (Phi) is 5.41. The van der Waals surface area contributed by atoms with Gasteiger partial charge in [-0.2, -0.15) is 0 Å². The maximum Gasteiger partial charge on any atom is 0.342 e. The zero-order valence-corrected chi connectivity index (χ0v) is 19.8. The summed E-state index contributed by atoms with van der Waals surface area (Å²) in [6.07, 6.45) is -0.0243. The number of thiazole rings is 1. The molecule has 0 atom stereocenters. The molecule has 0 aliphatic carbocycles. The first-order valence-electron chi connectivity index (χ1n) is 10.6. The van der Waals surface area contributed by atoms with Crippen LogP contribution in [0.5, 0.6) is 0 Å². The molecule has 0 saturated heterocycles. The molecule has 5 aromatic rings. The summed E-state index contributed by atoms with van der Waals surface area (Å²) in [6, 6.07) is 11.5. The van der Waals surface area contributed by atoms with Gasteiger partial charge in [0.15, 0.2) is 5.58 Å². The number of carbonyl (C=O) groups is 2. The number of amides is 1. The highest BCUT2D eigenvalue weighted by Gasteiger charge is 2.29. The van der Waals surface area contributed by atoms with Gasteiger partial charge in [0.25, 0.3) is 0 Å². The molecule has 3 heterocycles. The first-order valence-corrected chi connectivity index (χ1v) is 11.4. The molecule has 8 nitrogen and oxygen atoms in total. The Labute approximate surface area is 198 Å². The van der Waals surface area contributed by atoms with Crippen molar-refractivity contribution in [2.24, 2.45) is 0 Å². The Morgan fingerprint density at radius 3 is 2.71 bits per heavy atom. The smallest absolute Gasteiger partial charge is 0.342 e. The molecule has 0 radical (unpaired) electrons. The van der Waals surface area contributed by atoms with Crippen molar-refractivity contribution in [2.45, 2.75) is 27.2 Å². The highest BCUT2D eigenvalue weighted by Crippen LogP contribution is 2.40. The molecule has 172 valence electrons. The van der Waals surface area contributed by atoms with Crippen LogP contribution in [0, 0.1) is 20.8 Å². The number of hydrogen-bond donors (Lipinski definition) is 1. The summed E-state index contributed by atoms with van der Waals surface area (Å²) in [5.41, 5.74) is 4.62. The van der Waals surface area contributed by atoms with Crippen molar-refractivity contribution in [3.63, 3.8) is 0 Å². The van der Waals surface area contributed by atoms with E-state index < -0.39 is 5.97 Å². The van der Waals surface area contributed by atoms with Gasteiger partial charge in [0.1, 0.15) is 22.0 Å². The second kappa shape index (κ2) is 8.42. The van der Waals surface area contributed by atoms with E-state index >= 15 is 0 Å². The Morgan fingerprint density at radius 1 is 1.15 bits per heavy atom. The van der Waals surface area contributed by atoms with Crippen molar-refractivity contribution in [1.82, 2.24) is 10.1 Å². The van der Waals surface area contributed by atoms with Crippen molar-refractivity contribution < 1.29 is 23.3 Å². The van der Waals surface area contributed by atoms with Crippen molar-refractivity contribution in [3.8, 4) is 10.6 Å². The van der Waals surface area contributed by atoms with E-state index in [1.165, 1.54) is 18.4 Å². The number of nitrogens with zero attached hydrogens (tertiary/aromatic N) is 2. The number of esters is 1. The first-order chi connectivity index (χ1) is 16.4. The molecule has 5 rings (SSSR count). The number of para-hydroxylation sites is 1. The van der Waals surface area contributed by atoms with Crippen LogP contribution in [-0.4, -0.2) is 29.1 Å². The Morgan fingerprint density at radius 2 is 1.94 bits per heavy atom. The molecule has 0 bridgehead atoms. The van der Waals surface area contributed by atoms with Gasteiger partial charge < -0.3 is 13.7 Å². The summed E-state index contributed by atoms with van der Waals surface area (Å²) < 4.78 is 17.2. The summed E-state index contributed by atoms with van der Waals surface area (Å²) in [6.45, 7) is 5.58. The second-order valence-electron chi connectivity index (χ2n) is 8.02. The van der Waals surface area contributed by atoms with Gasteiger partial charge in [0.2, 0.25) is 11.8 Å². The number of ether oxygens (including phenoxy) is 1. The number of anilines is 1. The quantitative estimate of drug-likeness (QED) is 0.330. The summed E-state index contributed by atoms with van der Waals surface area (Å²) in [5, 5.41) is 8.27. The molecule has 0 aliphatic heterocycles. The lowest BCUT2D eigenvalue weighted by molar-refractivity contribution is -0.115. The Bertz CT molecular complexity index is 1540. The average molecular weight is 476 g/mol. The molecular formula is C25H21N3O5S. The summed E-state index contributed by atoms with van der Waals surface area (Å²) in [4.78, 5) is 30.3. The van der Waals surface area contributed by atoms with Crippen LogP contribution in [0.3, 0.4) is 0 Å². The van der Waals surface area contributed by atoms with Crippen molar-refractivity contribution in [3.05, 3.63) is 64.5 Å². The maximum absolute atomic E-state index is 13.0. The fraction of sp³-hybridized carbons (Fsp3) is 0.200. The maximum atomic E-state index is 13.0. The van der Waals surface area contributed by atoms with Gasteiger partial charge in [0.05, 0.1) is 29.3 Å². The van der Waals surface area contributed by atoms with Crippen LogP contribution in [0.25, 0.3) is 31.8 Å². The number of fused-ring (bicyclic) bond motifs is 2. The molecule has 1 amide bonds. The lowest BCUT2D eigenvalue weighted by Crippen LogP contribution is -2.15. The van der Waals surface area contributed by atoms with E-state index in [0.29, 0.717) is 27.6 Å². The van der Waals surface area contributed by atoms with Gasteiger partial charge >= 0.3 is 5.97 Å². The highest BCUT2D eigenvalue weighted by molar-refractivity contribution is 7.21. The average Bonchev–Trinajstić information content (AvgIpc) is 3.48. The fourth-order valence-electron chi connectivity index (χ4n) is 4.13. The lowest BCUT2D eigenvalue weighted by Gasteiger charge is -2.05. The van der Waals surface area contributed by atoms with Gasteiger partial charge in [-0.1, -0.05) is 23.4 Å². The molecule has 34 heavy (non-hydrogen) atoms. The van der Waals surface area contributed by atoms with Crippen LogP contribution in [0.4, 0.5) is 5.88 Å².